The Bertz CT molecular complexity index is 1040. The fourth-order valence-electron chi connectivity index (χ4n) is 2.94. The second kappa shape index (κ2) is 9.09. The van der Waals surface area contributed by atoms with Gasteiger partial charge in [0.1, 0.15) is 10.6 Å². The summed E-state index contributed by atoms with van der Waals surface area (Å²) < 4.78 is 33.5. The van der Waals surface area contributed by atoms with Crippen molar-refractivity contribution in [1.29, 1.82) is 0 Å². The van der Waals surface area contributed by atoms with E-state index in [9.17, 15) is 18.5 Å². The Hall–Kier alpha value is -3.18. The third-order valence-electron chi connectivity index (χ3n) is 4.71. The van der Waals surface area contributed by atoms with Crippen molar-refractivity contribution in [3.05, 3.63) is 52.6 Å². The first kappa shape index (κ1) is 21.5. The van der Waals surface area contributed by atoms with E-state index in [0.717, 1.165) is 37.7 Å². The van der Waals surface area contributed by atoms with Gasteiger partial charge in [0.25, 0.3) is 15.7 Å². The third kappa shape index (κ3) is 5.24. The van der Waals surface area contributed by atoms with Gasteiger partial charge in [-0.3, -0.25) is 20.3 Å². The number of nitro groups is 1. The van der Waals surface area contributed by atoms with Gasteiger partial charge in [-0.05, 0) is 37.4 Å². The van der Waals surface area contributed by atoms with Gasteiger partial charge < -0.3 is 9.64 Å². The highest BCUT2D eigenvalue weighted by molar-refractivity contribution is 7.92. The van der Waals surface area contributed by atoms with Crippen molar-refractivity contribution in [1.82, 2.24) is 4.90 Å². The van der Waals surface area contributed by atoms with Crippen LogP contribution in [0.15, 0.2) is 52.5 Å². The number of hydrazone groups is 1. The minimum atomic E-state index is -4.12. The number of likely N-dealkylation sites (tertiary alicyclic amines) is 1. The number of ether oxygens (including phenoxy) is 1. The SMILES string of the molecule is COc1ccc(NS(=O)(=O)c2cc([N+](=O)[O-])ccc2NN=C2CCN(C)CC2)cc1. The Morgan fingerprint density at radius 3 is 2.40 bits per heavy atom. The van der Waals surface area contributed by atoms with Gasteiger partial charge in [-0.15, -0.1) is 0 Å². The number of methoxy groups -OCH3 is 1. The molecule has 0 bridgehead atoms. The highest BCUT2D eigenvalue weighted by atomic mass is 32.2. The van der Waals surface area contributed by atoms with Crippen LogP contribution in [0.1, 0.15) is 12.8 Å². The van der Waals surface area contributed by atoms with Gasteiger partial charge in [0, 0.05) is 49.5 Å². The molecule has 0 aromatic heterocycles. The molecule has 1 fully saturated rings. The molecule has 2 aromatic carbocycles. The summed E-state index contributed by atoms with van der Waals surface area (Å²) in [5, 5.41) is 15.5. The topological polar surface area (TPSA) is 126 Å². The zero-order valence-corrected chi connectivity index (χ0v) is 17.5. The minimum Gasteiger partial charge on any atom is -0.497 e. The van der Waals surface area contributed by atoms with Crippen LogP contribution in [0.25, 0.3) is 0 Å². The van der Waals surface area contributed by atoms with Gasteiger partial charge in [0.2, 0.25) is 0 Å². The van der Waals surface area contributed by atoms with E-state index in [-0.39, 0.29) is 16.3 Å². The number of rotatable bonds is 7. The van der Waals surface area contributed by atoms with Crippen LogP contribution in [0.4, 0.5) is 17.1 Å². The molecule has 1 aliphatic rings. The van der Waals surface area contributed by atoms with Gasteiger partial charge in [-0.1, -0.05) is 0 Å². The highest BCUT2D eigenvalue weighted by Crippen LogP contribution is 2.29. The van der Waals surface area contributed by atoms with Crippen molar-refractivity contribution >= 4 is 32.8 Å². The smallest absolute Gasteiger partial charge is 0.270 e. The molecule has 2 N–H and O–H groups in total. The lowest BCUT2D eigenvalue weighted by molar-refractivity contribution is -0.385. The monoisotopic (exact) mass is 433 g/mol. The standard InChI is InChI=1S/C19H23N5O5S/c1-23-11-9-14(10-12-23)20-21-18-8-5-16(24(25)26)13-19(18)30(27,28)22-15-3-6-17(29-2)7-4-15/h3-8,13,21-22H,9-12H2,1-2H3. The number of piperidine rings is 1. The maximum absolute atomic E-state index is 13.0. The lowest BCUT2D eigenvalue weighted by Gasteiger charge is -2.23. The fourth-order valence-corrected chi connectivity index (χ4v) is 4.17. The maximum Gasteiger partial charge on any atom is 0.270 e. The summed E-state index contributed by atoms with van der Waals surface area (Å²) in [6, 6.07) is 9.90. The fraction of sp³-hybridized carbons (Fsp3) is 0.316. The average Bonchev–Trinajstić information content (AvgIpc) is 2.73. The third-order valence-corrected chi connectivity index (χ3v) is 6.13. The molecule has 0 atom stereocenters. The molecule has 0 aliphatic carbocycles. The molecule has 0 amide bonds. The van der Waals surface area contributed by atoms with Crippen molar-refractivity contribution < 1.29 is 18.1 Å². The largest absolute Gasteiger partial charge is 0.497 e. The first-order valence-electron chi connectivity index (χ1n) is 9.24. The normalized spacial score (nSPS) is 14.8. The summed E-state index contributed by atoms with van der Waals surface area (Å²) in [5.74, 6) is 0.574. The number of nitrogens with zero attached hydrogens (tertiary/aromatic N) is 3. The summed E-state index contributed by atoms with van der Waals surface area (Å²) in [6.07, 6.45) is 1.53. The van der Waals surface area contributed by atoms with E-state index in [2.05, 4.69) is 20.1 Å². The Kier molecular flexibility index (Phi) is 6.53. The maximum atomic E-state index is 13.0. The predicted octanol–water partition coefficient (Wildman–Crippen LogP) is 2.90. The number of sulfonamides is 1. The van der Waals surface area contributed by atoms with E-state index in [0.29, 0.717) is 11.4 Å². The molecule has 160 valence electrons. The van der Waals surface area contributed by atoms with E-state index < -0.39 is 14.9 Å². The Labute approximate surface area is 174 Å². The molecule has 10 nitrogen and oxygen atoms in total. The van der Waals surface area contributed by atoms with E-state index in [4.69, 9.17) is 4.74 Å². The predicted molar refractivity (Wildman–Crippen MR) is 115 cm³/mol. The number of hydrogen-bond acceptors (Lipinski definition) is 8. The molecular weight excluding hydrogens is 410 g/mol. The summed E-state index contributed by atoms with van der Waals surface area (Å²) in [5.41, 5.74) is 3.83. The Morgan fingerprint density at radius 1 is 1.13 bits per heavy atom. The molecule has 0 radical (unpaired) electrons. The quantitative estimate of drug-likeness (QED) is 0.508. The number of benzene rings is 2. The van der Waals surface area contributed by atoms with Crippen LogP contribution in [-0.4, -0.2) is 51.2 Å². The molecule has 1 saturated heterocycles. The van der Waals surface area contributed by atoms with Crippen LogP contribution >= 0.6 is 0 Å². The van der Waals surface area contributed by atoms with Gasteiger partial charge in [-0.25, -0.2) is 8.42 Å². The van der Waals surface area contributed by atoms with E-state index in [1.54, 1.807) is 24.3 Å². The van der Waals surface area contributed by atoms with Crippen LogP contribution in [0.2, 0.25) is 0 Å². The average molecular weight is 433 g/mol. The summed E-state index contributed by atoms with van der Waals surface area (Å²) in [4.78, 5) is 12.5. The molecular formula is C19H23N5O5S. The van der Waals surface area contributed by atoms with Crippen LogP contribution in [0.3, 0.4) is 0 Å². The second-order valence-corrected chi connectivity index (χ2v) is 8.52. The molecule has 0 spiro atoms. The summed E-state index contributed by atoms with van der Waals surface area (Å²) in [6.45, 7) is 1.73. The van der Waals surface area contributed by atoms with Crippen molar-refractivity contribution in [2.45, 2.75) is 17.7 Å². The highest BCUT2D eigenvalue weighted by Gasteiger charge is 2.23. The zero-order valence-electron chi connectivity index (χ0n) is 16.7. The van der Waals surface area contributed by atoms with Crippen LogP contribution < -0.4 is 14.9 Å². The second-order valence-electron chi connectivity index (χ2n) is 6.86. The minimum absolute atomic E-state index is 0.160. The van der Waals surface area contributed by atoms with Crippen LogP contribution in [0, 0.1) is 10.1 Å². The van der Waals surface area contributed by atoms with Crippen molar-refractivity contribution in [3.8, 4) is 5.75 Å². The van der Waals surface area contributed by atoms with Gasteiger partial charge in [0.15, 0.2) is 0 Å². The molecule has 1 aliphatic heterocycles. The van der Waals surface area contributed by atoms with Crippen LogP contribution in [0.5, 0.6) is 5.75 Å². The number of hydrogen-bond donors (Lipinski definition) is 2. The first-order chi connectivity index (χ1) is 14.3. The molecule has 11 heteroatoms. The molecule has 0 saturated carbocycles. The molecule has 30 heavy (non-hydrogen) atoms. The van der Waals surface area contributed by atoms with Gasteiger partial charge in [-0.2, -0.15) is 5.10 Å². The number of non-ortho nitro benzene ring substituents is 1. The van der Waals surface area contributed by atoms with Crippen molar-refractivity contribution in [3.63, 3.8) is 0 Å². The lowest BCUT2D eigenvalue weighted by Crippen LogP contribution is -2.30. The van der Waals surface area contributed by atoms with Gasteiger partial charge >= 0.3 is 0 Å². The van der Waals surface area contributed by atoms with Crippen LogP contribution in [-0.2, 0) is 10.0 Å². The summed E-state index contributed by atoms with van der Waals surface area (Å²) in [7, 11) is -0.587. The van der Waals surface area contributed by atoms with Crippen molar-refractivity contribution in [2.24, 2.45) is 5.10 Å². The van der Waals surface area contributed by atoms with E-state index in [1.807, 2.05) is 7.05 Å². The number of nitrogens with one attached hydrogen (secondary N) is 2. The van der Waals surface area contributed by atoms with E-state index >= 15 is 0 Å². The molecule has 0 unspecified atom stereocenters. The Morgan fingerprint density at radius 2 is 1.80 bits per heavy atom. The zero-order chi connectivity index (χ0) is 21.7. The lowest BCUT2D eigenvalue weighted by atomic mass is 10.1. The number of nitro benzene ring substituents is 1. The Balaban J connectivity index is 1.90. The molecule has 3 rings (SSSR count). The summed E-state index contributed by atoms with van der Waals surface area (Å²) >= 11 is 0. The first-order valence-corrected chi connectivity index (χ1v) is 10.7. The van der Waals surface area contributed by atoms with E-state index in [1.165, 1.54) is 19.2 Å². The molecule has 1 heterocycles. The van der Waals surface area contributed by atoms with Gasteiger partial charge in [0.05, 0.1) is 17.7 Å². The molecule has 2 aromatic rings. The van der Waals surface area contributed by atoms with Crippen molar-refractivity contribution in [2.75, 3.05) is 37.4 Å². The number of anilines is 2.